The number of benzene rings is 1. The van der Waals surface area contributed by atoms with Crippen LogP contribution in [0.3, 0.4) is 0 Å². The SMILES string of the molecule is CN1C[C@@H]2CCC[C@@H](C1)C2(O)c1ccccc1. The average molecular weight is 231 g/mol. The number of piperidine rings is 1. The number of hydrogen-bond donors (Lipinski definition) is 1. The van der Waals surface area contributed by atoms with Crippen LogP contribution in [0.5, 0.6) is 0 Å². The highest BCUT2D eigenvalue weighted by Gasteiger charge is 2.50. The molecule has 2 bridgehead atoms. The molecule has 1 aromatic carbocycles. The first-order chi connectivity index (χ1) is 8.21. The van der Waals surface area contributed by atoms with E-state index in [0.717, 1.165) is 31.5 Å². The van der Waals surface area contributed by atoms with E-state index in [1.165, 1.54) is 6.42 Å². The molecule has 3 rings (SSSR count). The standard InChI is InChI=1S/C15H21NO/c1-16-10-13-8-5-9-14(11-16)15(13,17)12-6-3-2-4-7-12/h2-4,6-7,13-14,17H,5,8-11H2,1H3/t13-,14-/m0/s1. The highest BCUT2D eigenvalue weighted by molar-refractivity contribution is 5.26. The minimum absolute atomic E-state index is 0.405. The van der Waals surface area contributed by atoms with Gasteiger partial charge < -0.3 is 10.0 Å². The molecule has 2 heteroatoms. The Balaban J connectivity index is 2.00. The lowest BCUT2D eigenvalue weighted by molar-refractivity contribution is -0.142. The van der Waals surface area contributed by atoms with Crippen molar-refractivity contribution in [2.75, 3.05) is 20.1 Å². The maximum absolute atomic E-state index is 11.2. The highest BCUT2D eigenvalue weighted by atomic mass is 16.3. The quantitative estimate of drug-likeness (QED) is 0.801. The largest absolute Gasteiger partial charge is 0.384 e. The summed E-state index contributed by atoms with van der Waals surface area (Å²) in [6.45, 7) is 2.06. The zero-order valence-electron chi connectivity index (χ0n) is 10.5. The summed E-state index contributed by atoms with van der Waals surface area (Å²) in [5.41, 5.74) is 0.550. The average Bonchev–Trinajstić information content (AvgIpc) is 2.32. The second-order valence-corrected chi connectivity index (χ2v) is 5.74. The summed E-state index contributed by atoms with van der Waals surface area (Å²) >= 11 is 0. The first-order valence-electron chi connectivity index (χ1n) is 6.67. The van der Waals surface area contributed by atoms with Crippen molar-refractivity contribution in [2.45, 2.75) is 24.9 Å². The molecular weight excluding hydrogens is 210 g/mol. The van der Waals surface area contributed by atoms with Crippen molar-refractivity contribution in [3.63, 3.8) is 0 Å². The van der Waals surface area contributed by atoms with Crippen molar-refractivity contribution in [3.8, 4) is 0 Å². The van der Waals surface area contributed by atoms with Crippen molar-refractivity contribution >= 4 is 0 Å². The molecule has 1 aliphatic carbocycles. The van der Waals surface area contributed by atoms with E-state index in [1.54, 1.807) is 0 Å². The number of nitrogens with zero attached hydrogens (tertiary/aromatic N) is 1. The molecule has 17 heavy (non-hydrogen) atoms. The molecule has 1 aromatic rings. The van der Waals surface area contributed by atoms with Crippen LogP contribution in [0.25, 0.3) is 0 Å². The minimum atomic E-state index is -0.577. The maximum atomic E-state index is 11.2. The van der Waals surface area contributed by atoms with E-state index in [9.17, 15) is 5.11 Å². The zero-order valence-corrected chi connectivity index (χ0v) is 10.5. The van der Waals surface area contributed by atoms with Gasteiger partial charge in [-0.25, -0.2) is 0 Å². The van der Waals surface area contributed by atoms with E-state index in [0.29, 0.717) is 11.8 Å². The summed E-state index contributed by atoms with van der Waals surface area (Å²) in [4.78, 5) is 2.38. The van der Waals surface area contributed by atoms with E-state index >= 15 is 0 Å². The number of rotatable bonds is 1. The summed E-state index contributed by atoms with van der Waals surface area (Å²) < 4.78 is 0. The molecule has 0 spiro atoms. The molecule has 2 fully saturated rings. The summed E-state index contributed by atoms with van der Waals surface area (Å²) in [6.07, 6.45) is 3.59. The normalized spacial score (nSPS) is 38.0. The summed E-state index contributed by atoms with van der Waals surface area (Å²) in [7, 11) is 2.18. The Hall–Kier alpha value is -0.860. The fourth-order valence-electron chi connectivity index (χ4n) is 3.85. The van der Waals surface area contributed by atoms with E-state index in [1.807, 2.05) is 18.2 Å². The van der Waals surface area contributed by atoms with Gasteiger partial charge >= 0.3 is 0 Å². The van der Waals surface area contributed by atoms with Gasteiger partial charge in [0.25, 0.3) is 0 Å². The summed E-state index contributed by atoms with van der Waals surface area (Å²) in [5.74, 6) is 0.810. The van der Waals surface area contributed by atoms with E-state index in [4.69, 9.17) is 0 Å². The molecule has 1 aliphatic heterocycles. The third-order valence-electron chi connectivity index (χ3n) is 4.65. The van der Waals surface area contributed by atoms with Gasteiger partial charge in [-0.05, 0) is 25.5 Å². The van der Waals surface area contributed by atoms with Crippen molar-refractivity contribution in [3.05, 3.63) is 35.9 Å². The first kappa shape index (κ1) is 11.2. The van der Waals surface area contributed by atoms with Crippen LogP contribution in [0, 0.1) is 11.8 Å². The predicted octanol–water partition coefficient (Wildman–Crippen LogP) is 2.24. The highest BCUT2D eigenvalue weighted by Crippen LogP contribution is 2.48. The van der Waals surface area contributed by atoms with Gasteiger partial charge in [-0.1, -0.05) is 36.8 Å². The van der Waals surface area contributed by atoms with Gasteiger partial charge in [-0.3, -0.25) is 0 Å². The smallest absolute Gasteiger partial charge is 0.0976 e. The van der Waals surface area contributed by atoms with Crippen LogP contribution in [0.2, 0.25) is 0 Å². The second kappa shape index (κ2) is 4.11. The summed E-state index contributed by atoms with van der Waals surface area (Å²) in [6, 6.07) is 10.3. The lowest BCUT2D eigenvalue weighted by atomic mass is 9.63. The van der Waals surface area contributed by atoms with Crippen LogP contribution >= 0.6 is 0 Å². The first-order valence-corrected chi connectivity index (χ1v) is 6.67. The van der Waals surface area contributed by atoms with Crippen LogP contribution < -0.4 is 0 Å². The van der Waals surface area contributed by atoms with Gasteiger partial charge in [0.15, 0.2) is 0 Å². The van der Waals surface area contributed by atoms with Crippen LogP contribution in [-0.4, -0.2) is 30.1 Å². The van der Waals surface area contributed by atoms with E-state index < -0.39 is 5.60 Å². The van der Waals surface area contributed by atoms with Gasteiger partial charge in [0.05, 0.1) is 5.60 Å². The third-order valence-corrected chi connectivity index (χ3v) is 4.65. The van der Waals surface area contributed by atoms with Gasteiger partial charge in [0.1, 0.15) is 0 Å². The molecule has 2 atom stereocenters. The Morgan fingerprint density at radius 2 is 1.71 bits per heavy atom. The predicted molar refractivity (Wildman–Crippen MR) is 68.7 cm³/mol. The van der Waals surface area contributed by atoms with Crippen LogP contribution in [-0.2, 0) is 5.60 Å². The third kappa shape index (κ3) is 1.71. The number of likely N-dealkylation sites (tertiary alicyclic amines) is 1. The van der Waals surface area contributed by atoms with Crippen molar-refractivity contribution in [1.82, 2.24) is 4.90 Å². The fraction of sp³-hybridized carbons (Fsp3) is 0.600. The summed E-state index contributed by atoms with van der Waals surface area (Å²) in [5, 5.41) is 11.2. The molecule has 2 aliphatic rings. The number of fused-ring (bicyclic) bond motifs is 2. The monoisotopic (exact) mass is 231 g/mol. The minimum Gasteiger partial charge on any atom is -0.384 e. The maximum Gasteiger partial charge on any atom is 0.0976 e. The molecule has 0 amide bonds. The molecule has 1 heterocycles. The van der Waals surface area contributed by atoms with Crippen molar-refractivity contribution in [1.29, 1.82) is 0 Å². The molecule has 92 valence electrons. The Morgan fingerprint density at radius 3 is 2.29 bits per heavy atom. The molecule has 0 radical (unpaired) electrons. The van der Waals surface area contributed by atoms with Gasteiger partial charge in [0, 0.05) is 24.9 Å². The van der Waals surface area contributed by atoms with Crippen LogP contribution in [0.15, 0.2) is 30.3 Å². The molecular formula is C15H21NO. The molecule has 1 N–H and O–H groups in total. The van der Waals surface area contributed by atoms with Gasteiger partial charge in [-0.15, -0.1) is 0 Å². The zero-order chi connectivity index (χ0) is 11.9. The lowest BCUT2D eigenvalue weighted by Crippen LogP contribution is -2.57. The second-order valence-electron chi connectivity index (χ2n) is 5.74. The number of aliphatic hydroxyl groups is 1. The molecule has 1 saturated heterocycles. The van der Waals surface area contributed by atoms with Crippen LogP contribution in [0.4, 0.5) is 0 Å². The van der Waals surface area contributed by atoms with E-state index in [2.05, 4.69) is 24.1 Å². The fourth-order valence-corrected chi connectivity index (χ4v) is 3.85. The van der Waals surface area contributed by atoms with E-state index in [-0.39, 0.29) is 0 Å². The lowest BCUT2D eigenvalue weighted by Gasteiger charge is -2.52. The Bertz CT molecular complexity index is 375. The number of hydrogen-bond acceptors (Lipinski definition) is 2. The Morgan fingerprint density at radius 1 is 1.12 bits per heavy atom. The van der Waals surface area contributed by atoms with Crippen molar-refractivity contribution < 1.29 is 5.11 Å². The molecule has 2 nitrogen and oxygen atoms in total. The topological polar surface area (TPSA) is 23.5 Å². The van der Waals surface area contributed by atoms with Gasteiger partial charge in [-0.2, -0.15) is 0 Å². The Kier molecular flexibility index (Phi) is 2.72. The molecule has 1 saturated carbocycles. The van der Waals surface area contributed by atoms with Crippen LogP contribution in [0.1, 0.15) is 24.8 Å². The Labute approximate surface area is 103 Å². The molecule has 0 aromatic heterocycles. The van der Waals surface area contributed by atoms with Gasteiger partial charge in [0.2, 0.25) is 0 Å². The molecule has 0 unspecified atom stereocenters. The van der Waals surface area contributed by atoms with Crippen molar-refractivity contribution in [2.24, 2.45) is 11.8 Å².